The Bertz CT molecular complexity index is 931. The molecule has 1 amide bonds. The number of nitroso groups, excluding NO2 is 1. The average molecular weight is 337 g/mol. The fraction of sp³-hybridized carbons (Fsp3) is 0.211. The van der Waals surface area contributed by atoms with E-state index < -0.39 is 0 Å². The first-order valence-corrected chi connectivity index (χ1v) is 7.99. The Morgan fingerprint density at radius 1 is 1.24 bits per heavy atom. The van der Waals surface area contributed by atoms with Gasteiger partial charge < -0.3 is 15.0 Å². The molecule has 0 saturated carbocycles. The highest BCUT2D eigenvalue weighted by molar-refractivity contribution is 5.92. The molecule has 0 unspecified atom stereocenters. The van der Waals surface area contributed by atoms with Crippen LogP contribution >= 0.6 is 0 Å². The number of hydrogen-bond donors (Lipinski definition) is 2. The SMILES string of the molecule is COc1ccc2[nH]c(-c3cccc(N=O)c3)c(CCNC(C)=O)c2c1. The van der Waals surface area contributed by atoms with Crippen LogP contribution in [0.15, 0.2) is 47.6 Å². The maximum atomic E-state index is 11.2. The summed E-state index contributed by atoms with van der Waals surface area (Å²) < 4.78 is 5.33. The van der Waals surface area contributed by atoms with Crippen LogP contribution in [-0.2, 0) is 11.2 Å². The van der Waals surface area contributed by atoms with E-state index in [-0.39, 0.29) is 5.91 Å². The highest BCUT2D eigenvalue weighted by Crippen LogP contribution is 2.34. The fourth-order valence-electron chi connectivity index (χ4n) is 2.94. The third-order valence-electron chi connectivity index (χ3n) is 4.10. The molecule has 0 aliphatic heterocycles. The molecule has 128 valence electrons. The number of nitrogens with one attached hydrogen (secondary N) is 2. The molecule has 0 aliphatic rings. The van der Waals surface area contributed by atoms with E-state index in [2.05, 4.69) is 15.5 Å². The summed E-state index contributed by atoms with van der Waals surface area (Å²) in [6.07, 6.45) is 0.654. The number of rotatable bonds is 6. The molecule has 1 heterocycles. The molecule has 0 saturated heterocycles. The molecule has 0 radical (unpaired) electrons. The summed E-state index contributed by atoms with van der Waals surface area (Å²) in [5.41, 5.74) is 4.20. The number of carbonyl (C=O) groups excluding carboxylic acids is 1. The normalized spacial score (nSPS) is 10.6. The third kappa shape index (κ3) is 3.52. The number of hydrogen-bond acceptors (Lipinski definition) is 4. The maximum Gasteiger partial charge on any atom is 0.216 e. The second kappa shape index (κ2) is 7.17. The van der Waals surface area contributed by atoms with Crippen molar-refractivity contribution in [2.45, 2.75) is 13.3 Å². The van der Waals surface area contributed by atoms with Crippen LogP contribution in [-0.4, -0.2) is 24.5 Å². The molecule has 6 nitrogen and oxygen atoms in total. The van der Waals surface area contributed by atoms with E-state index in [9.17, 15) is 9.70 Å². The Morgan fingerprint density at radius 2 is 2.08 bits per heavy atom. The second-order valence-electron chi connectivity index (χ2n) is 5.76. The van der Waals surface area contributed by atoms with Crippen molar-refractivity contribution in [3.8, 4) is 17.0 Å². The quantitative estimate of drug-likeness (QED) is 0.669. The lowest BCUT2D eigenvalue weighted by Gasteiger charge is -2.07. The molecule has 0 spiro atoms. The number of nitrogens with zero attached hydrogens (tertiary/aromatic N) is 1. The first-order valence-electron chi connectivity index (χ1n) is 7.99. The second-order valence-corrected chi connectivity index (χ2v) is 5.76. The van der Waals surface area contributed by atoms with Gasteiger partial charge >= 0.3 is 0 Å². The first-order chi connectivity index (χ1) is 12.1. The standard InChI is InChI=1S/C19H19N3O3/c1-12(23)20-9-8-16-17-11-15(25-2)6-7-18(17)21-19(16)13-4-3-5-14(10-13)22-24/h3-7,10-11,21H,8-9H2,1-2H3,(H,20,23). The van der Waals surface area contributed by atoms with Crippen molar-refractivity contribution < 1.29 is 9.53 Å². The minimum atomic E-state index is -0.0638. The number of aromatic nitrogens is 1. The fourth-order valence-corrected chi connectivity index (χ4v) is 2.94. The van der Waals surface area contributed by atoms with Gasteiger partial charge in [0.05, 0.1) is 7.11 Å². The molecule has 0 atom stereocenters. The Kier molecular flexibility index (Phi) is 4.79. The minimum Gasteiger partial charge on any atom is -0.497 e. The Labute approximate surface area is 145 Å². The summed E-state index contributed by atoms with van der Waals surface area (Å²) in [6, 6.07) is 13.0. The van der Waals surface area contributed by atoms with Crippen molar-refractivity contribution in [3.63, 3.8) is 0 Å². The molecule has 2 aromatic carbocycles. The summed E-state index contributed by atoms with van der Waals surface area (Å²) in [5, 5.41) is 6.87. The van der Waals surface area contributed by atoms with Gasteiger partial charge in [-0.25, -0.2) is 0 Å². The van der Waals surface area contributed by atoms with Gasteiger partial charge in [-0.15, -0.1) is 4.91 Å². The minimum absolute atomic E-state index is 0.0638. The smallest absolute Gasteiger partial charge is 0.216 e. The summed E-state index contributed by atoms with van der Waals surface area (Å²) in [4.78, 5) is 25.5. The first kappa shape index (κ1) is 16.7. The zero-order valence-corrected chi connectivity index (χ0v) is 14.1. The number of H-pyrrole nitrogens is 1. The van der Waals surface area contributed by atoms with Crippen LogP contribution in [0.25, 0.3) is 22.2 Å². The zero-order chi connectivity index (χ0) is 17.8. The van der Waals surface area contributed by atoms with E-state index in [0.29, 0.717) is 18.7 Å². The van der Waals surface area contributed by atoms with Crippen molar-refractivity contribution in [1.29, 1.82) is 0 Å². The lowest BCUT2D eigenvalue weighted by atomic mass is 10.0. The predicted molar refractivity (Wildman–Crippen MR) is 98.1 cm³/mol. The number of methoxy groups -OCH3 is 1. The van der Waals surface area contributed by atoms with Crippen LogP contribution in [0, 0.1) is 4.91 Å². The topological polar surface area (TPSA) is 83.5 Å². The van der Waals surface area contributed by atoms with Crippen LogP contribution in [0.5, 0.6) is 5.75 Å². The molecule has 3 aromatic rings. The van der Waals surface area contributed by atoms with E-state index >= 15 is 0 Å². The number of aromatic amines is 1. The van der Waals surface area contributed by atoms with Gasteiger partial charge in [-0.05, 0) is 47.5 Å². The lowest BCUT2D eigenvalue weighted by Crippen LogP contribution is -2.22. The monoisotopic (exact) mass is 337 g/mol. The Morgan fingerprint density at radius 3 is 2.80 bits per heavy atom. The maximum absolute atomic E-state index is 11.2. The van der Waals surface area contributed by atoms with Gasteiger partial charge in [-0.1, -0.05) is 12.1 Å². The molecule has 0 aliphatic carbocycles. The molecular formula is C19H19N3O3. The van der Waals surface area contributed by atoms with E-state index in [1.165, 1.54) is 6.92 Å². The van der Waals surface area contributed by atoms with Crippen molar-refractivity contribution >= 4 is 22.5 Å². The highest BCUT2D eigenvalue weighted by atomic mass is 16.5. The van der Waals surface area contributed by atoms with Crippen molar-refractivity contribution in [2.75, 3.05) is 13.7 Å². The van der Waals surface area contributed by atoms with Crippen LogP contribution < -0.4 is 10.1 Å². The Balaban J connectivity index is 2.11. The van der Waals surface area contributed by atoms with Crippen molar-refractivity contribution in [2.24, 2.45) is 5.18 Å². The van der Waals surface area contributed by atoms with Gasteiger partial charge in [0, 0.05) is 35.6 Å². The number of benzene rings is 2. The van der Waals surface area contributed by atoms with Crippen LogP contribution in [0.2, 0.25) is 0 Å². The summed E-state index contributed by atoms with van der Waals surface area (Å²) in [7, 11) is 1.63. The van der Waals surface area contributed by atoms with Crippen LogP contribution in [0.4, 0.5) is 5.69 Å². The summed E-state index contributed by atoms with van der Waals surface area (Å²) in [6.45, 7) is 2.02. The predicted octanol–water partition coefficient (Wildman–Crippen LogP) is 3.92. The lowest BCUT2D eigenvalue weighted by molar-refractivity contribution is -0.118. The molecule has 3 rings (SSSR count). The largest absolute Gasteiger partial charge is 0.497 e. The van der Waals surface area contributed by atoms with Gasteiger partial charge in [0.25, 0.3) is 0 Å². The van der Waals surface area contributed by atoms with Gasteiger partial charge in [-0.2, -0.15) is 0 Å². The van der Waals surface area contributed by atoms with Gasteiger partial charge in [0.2, 0.25) is 5.91 Å². The van der Waals surface area contributed by atoms with Gasteiger partial charge in [-0.3, -0.25) is 4.79 Å². The molecular weight excluding hydrogens is 318 g/mol. The van der Waals surface area contributed by atoms with Crippen LogP contribution in [0.3, 0.4) is 0 Å². The highest BCUT2D eigenvalue weighted by Gasteiger charge is 2.14. The molecule has 25 heavy (non-hydrogen) atoms. The molecule has 6 heteroatoms. The summed E-state index contributed by atoms with van der Waals surface area (Å²) >= 11 is 0. The third-order valence-corrected chi connectivity index (χ3v) is 4.10. The number of fused-ring (bicyclic) bond motifs is 1. The Hall–Kier alpha value is -3.15. The van der Waals surface area contributed by atoms with E-state index in [4.69, 9.17) is 4.74 Å². The number of amides is 1. The summed E-state index contributed by atoms with van der Waals surface area (Å²) in [5.74, 6) is 0.702. The molecule has 1 aromatic heterocycles. The number of ether oxygens (including phenoxy) is 1. The van der Waals surface area contributed by atoms with E-state index in [0.717, 1.165) is 33.5 Å². The zero-order valence-electron chi connectivity index (χ0n) is 14.1. The molecule has 0 fully saturated rings. The van der Waals surface area contributed by atoms with Gasteiger partial charge in [0.15, 0.2) is 0 Å². The van der Waals surface area contributed by atoms with Crippen LogP contribution in [0.1, 0.15) is 12.5 Å². The van der Waals surface area contributed by atoms with E-state index in [1.807, 2.05) is 24.3 Å². The average Bonchev–Trinajstić information content (AvgIpc) is 2.99. The van der Waals surface area contributed by atoms with Gasteiger partial charge in [0.1, 0.15) is 11.4 Å². The molecule has 0 bridgehead atoms. The number of carbonyl (C=O) groups is 1. The molecule has 2 N–H and O–H groups in total. The van der Waals surface area contributed by atoms with Crippen molar-refractivity contribution in [1.82, 2.24) is 10.3 Å². The van der Waals surface area contributed by atoms with Crippen molar-refractivity contribution in [3.05, 3.63) is 52.9 Å². The van der Waals surface area contributed by atoms with E-state index in [1.54, 1.807) is 25.3 Å².